The topological polar surface area (TPSA) is 66.8 Å². The molecule has 0 amide bonds. The number of halogens is 3. The van der Waals surface area contributed by atoms with E-state index in [1.165, 1.54) is 31.4 Å². The lowest BCUT2D eigenvalue weighted by molar-refractivity contribution is 0.0601. The van der Waals surface area contributed by atoms with Gasteiger partial charge in [-0.15, -0.1) is 0 Å². The minimum Gasteiger partial charge on any atom is -0.508 e. The van der Waals surface area contributed by atoms with Gasteiger partial charge in [0, 0.05) is 17.2 Å². The number of carbonyl (C=O) groups is 1. The summed E-state index contributed by atoms with van der Waals surface area (Å²) in [5.41, 5.74) is 0.468. The first-order valence-corrected chi connectivity index (χ1v) is 6.78. The Morgan fingerprint density at radius 1 is 1.10 bits per heavy atom. The van der Waals surface area contributed by atoms with Crippen molar-refractivity contribution in [1.29, 1.82) is 0 Å². The number of phenolic OH excluding ortho intramolecular Hbond substituents is 2. The van der Waals surface area contributed by atoms with Crippen molar-refractivity contribution in [2.45, 2.75) is 0 Å². The Hall–Kier alpha value is -1.62. The highest BCUT2D eigenvalue weighted by atomic mass is 35.5. The van der Waals surface area contributed by atoms with Gasteiger partial charge >= 0.3 is 5.97 Å². The van der Waals surface area contributed by atoms with E-state index in [1.807, 2.05) is 0 Å². The zero-order valence-electron chi connectivity index (χ0n) is 10.7. The summed E-state index contributed by atoms with van der Waals surface area (Å²) in [6, 6.07) is 5.16. The zero-order valence-corrected chi connectivity index (χ0v) is 12.9. The molecular weight excluding hydrogens is 339 g/mol. The summed E-state index contributed by atoms with van der Waals surface area (Å²) in [5, 5.41) is 19.4. The number of methoxy groups -OCH3 is 1. The Morgan fingerprint density at radius 2 is 1.76 bits per heavy atom. The average molecular weight is 348 g/mol. The van der Waals surface area contributed by atoms with Gasteiger partial charge < -0.3 is 14.9 Å². The van der Waals surface area contributed by atoms with Crippen LogP contribution in [0.3, 0.4) is 0 Å². The first-order chi connectivity index (χ1) is 9.86. The molecule has 4 nitrogen and oxygen atoms in total. The highest BCUT2D eigenvalue weighted by Gasteiger charge is 2.22. The predicted octanol–water partition coefficient (Wildman–Crippen LogP) is 4.51. The van der Waals surface area contributed by atoms with Crippen LogP contribution in [0.1, 0.15) is 10.4 Å². The van der Waals surface area contributed by atoms with E-state index >= 15 is 0 Å². The molecule has 21 heavy (non-hydrogen) atoms. The lowest BCUT2D eigenvalue weighted by Gasteiger charge is -2.14. The molecule has 0 saturated carbocycles. The van der Waals surface area contributed by atoms with E-state index in [-0.39, 0.29) is 43.3 Å². The number of hydrogen-bond donors (Lipinski definition) is 2. The normalized spacial score (nSPS) is 10.5. The Kier molecular flexibility index (Phi) is 4.52. The molecule has 0 aliphatic heterocycles. The summed E-state index contributed by atoms with van der Waals surface area (Å²) >= 11 is 18.1. The second-order valence-electron chi connectivity index (χ2n) is 4.10. The number of rotatable bonds is 2. The molecule has 7 heteroatoms. The van der Waals surface area contributed by atoms with E-state index in [9.17, 15) is 15.0 Å². The lowest BCUT2D eigenvalue weighted by atomic mass is 9.98. The average Bonchev–Trinajstić information content (AvgIpc) is 2.45. The van der Waals surface area contributed by atoms with Crippen molar-refractivity contribution in [1.82, 2.24) is 0 Å². The fraction of sp³-hybridized carbons (Fsp3) is 0.0714. The summed E-state index contributed by atoms with van der Waals surface area (Å²) in [7, 11) is 1.22. The van der Waals surface area contributed by atoms with Gasteiger partial charge in [0.2, 0.25) is 0 Å². The smallest absolute Gasteiger partial charge is 0.338 e. The van der Waals surface area contributed by atoms with Gasteiger partial charge in [-0.1, -0.05) is 34.8 Å². The number of benzene rings is 2. The molecule has 2 aromatic carbocycles. The van der Waals surface area contributed by atoms with Gasteiger partial charge in [-0.2, -0.15) is 0 Å². The second-order valence-corrected chi connectivity index (χ2v) is 5.27. The SMILES string of the molecule is COC(=O)c1ccc(O)cc1-c1c(Cl)c(O)cc(Cl)c1Cl. The number of ether oxygens (including phenoxy) is 1. The van der Waals surface area contributed by atoms with Crippen molar-refractivity contribution in [2.75, 3.05) is 7.11 Å². The largest absolute Gasteiger partial charge is 0.508 e. The molecule has 0 aromatic heterocycles. The fourth-order valence-electron chi connectivity index (χ4n) is 1.85. The molecule has 0 fully saturated rings. The van der Waals surface area contributed by atoms with E-state index < -0.39 is 5.97 Å². The standard InChI is InChI=1S/C14H9Cl3O4/c1-21-14(20)7-3-2-6(18)4-8(7)11-12(16)9(15)5-10(19)13(11)17/h2-5,18-19H,1H3. The number of carbonyl (C=O) groups excluding carboxylic acids is 1. The van der Waals surface area contributed by atoms with Crippen molar-refractivity contribution < 1.29 is 19.7 Å². The first kappa shape index (κ1) is 15.8. The third kappa shape index (κ3) is 2.88. The summed E-state index contributed by atoms with van der Waals surface area (Å²) in [5.74, 6) is -1.04. The molecule has 0 radical (unpaired) electrons. The van der Waals surface area contributed by atoms with Crippen LogP contribution in [-0.4, -0.2) is 23.3 Å². The lowest BCUT2D eigenvalue weighted by Crippen LogP contribution is -2.04. The monoisotopic (exact) mass is 346 g/mol. The first-order valence-electron chi connectivity index (χ1n) is 5.65. The molecule has 0 spiro atoms. The summed E-state index contributed by atoms with van der Waals surface area (Å²) in [6.45, 7) is 0. The molecular formula is C14H9Cl3O4. The molecule has 0 aliphatic carbocycles. The van der Waals surface area contributed by atoms with Crippen molar-refractivity contribution in [2.24, 2.45) is 0 Å². The van der Waals surface area contributed by atoms with Crippen LogP contribution in [-0.2, 0) is 4.74 Å². The Balaban J connectivity index is 2.84. The molecule has 0 aliphatic rings. The summed E-state index contributed by atoms with van der Waals surface area (Å²) in [4.78, 5) is 11.8. The molecule has 0 saturated heterocycles. The minimum atomic E-state index is -0.642. The zero-order chi connectivity index (χ0) is 15.7. The van der Waals surface area contributed by atoms with Crippen LogP contribution in [0.15, 0.2) is 24.3 Å². The van der Waals surface area contributed by atoms with Crippen molar-refractivity contribution in [3.63, 3.8) is 0 Å². The van der Waals surface area contributed by atoms with Crippen LogP contribution in [0.5, 0.6) is 11.5 Å². The summed E-state index contributed by atoms with van der Waals surface area (Å²) in [6.07, 6.45) is 0. The van der Waals surface area contributed by atoms with Crippen LogP contribution in [0.4, 0.5) is 0 Å². The number of esters is 1. The minimum absolute atomic E-state index is 0.0511. The van der Waals surface area contributed by atoms with E-state index in [0.717, 1.165) is 0 Å². The van der Waals surface area contributed by atoms with Crippen LogP contribution < -0.4 is 0 Å². The molecule has 2 rings (SSSR count). The van der Waals surface area contributed by atoms with Gasteiger partial charge in [-0.05, 0) is 18.2 Å². The van der Waals surface area contributed by atoms with Gasteiger partial charge in [0.15, 0.2) is 0 Å². The molecule has 0 atom stereocenters. The number of hydrogen-bond acceptors (Lipinski definition) is 4. The third-order valence-electron chi connectivity index (χ3n) is 2.81. The fourth-order valence-corrected chi connectivity index (χ4v) is 2.60. The maximum absolute atomic E-state index is 11.8. The van der Waals surface area contributed by atoms with Crippen LogP contribution >= 0.6 is 34.8 Å². The third-order valence-corrected chi connectivity index (χ3v) is 3.98. The van der Waals surface area contributed by atoms with E-state index in [4.69, 9.17) is 34.8 Å². The molecule has 110 valence electrons. The molecule has 2 N–H and O–H groups in total. The van der Waals surface area contributed by atoms with E-state index in [2.05, 4.69) is 4.74 Å². The van der Waals surface area contributed by atoms with Crippen LogP contribution in [0.25, 0.3) is 11.1 Å². The van der Waals surface area contributed by atoms with Crippen LogP contribution in [0.2, 0.25) is 15.1 Å². The van der Waals surface area contributed by atoms with Crippen molar-refractivity contribution in [3.05, 3.63) is 44.9 Å². The van der Waals surface area contributed by atoms with E-state index in [1.54, 1.807) is 0 Å². The highest BCUT2D eigenvalue weighted by molar-refractivity contribution is 6.46. The van der Waals surface area contributed by atoms with Gasteiger partial charge in [-0.3, -0.25) is 0 Å². The highest BCUT2D eigenvalue weighted by Crippen LogP contribution is 2.45. The maximum Gasteiger partial charge on any atom is 0.338 e. The van der Waals surface area contributed by atoms with Gasteiger partial charge in [0.25, 0.3) is 0 Å². The van der Waals surface area contributed by atoms with Crippen molar-refractivity contribution >= 4 is 40.8 Å². The van der Waals surface area contributed by atoms with E-state index in [0.29, 0.717) is 0 Å². The Morgan fingerprint density at radius 3 is 2.38 bits per heavy atom. The second kappa shape index (κ2) is 6.02. The molecule has 0 bridgehead atoms. The Bertz CT molecular complexity index is 702. The maximum atomic E-state index is 11.8. The van der Waals surface area contributed by atoms with Gasteiger partial charge in [0.05, 0.1) is 27.7 Å². The molecule has 0 heterocycles. The predicted molar refractivity (Wildman–Crippen MR) is 81.6 cm³/mol. The number of phenols is 2. The number of aromatic hydroxyl groups is 2. The molecule has 2 aromatic rings. The van der Waals surface area contributed by atoms with Gasteiger partial charge in [-0.25, -0.2) is 4.79 Å². The van der Waals surface area contributed by atoms with Gasteiger partial charge in [0.1, 0.15) is 11.5 Å². The quantitative estimate of drug-likeness (QED) is 0.619. The van der Waals surface area contributed by atoms with Crippen LogP contribution in [0, 0.1) is 0 Å². The molecule has 0 unspecified atom stereocenters. The van der Waals surface area contributed by atoms with Crippen molar-refractivity contribution in [3.8, 4) is 22.6 Å². The summed E-state index contributed by atoms with van der Waals surface area (Å²) < 4.78 is 4.68. The Labute approximate surface area is 135 Å².